The highest BCUT2D eigenvalue weighted by Gasteiger charge is 2.43. The number of alkyl halides is 2. The maximum atomic E-state index is 13.4. The summed E-state index contributed by atoms with van der Waals surface area (Å²) in [6.45, 7) is 0. The van der Waals surface area contributed by atoms with Gasteiger partial charge in [0, 0.05) is 12.0 Å². The molecule has 0 unspecified atom stereocenters. The minimum absolute atomic E-state index is 0.105. The first-order chi connectivity index (χ1) is 6.84. The number of nitrogens with two attached hydrogens (primary N) is 1. The van der Waals surface area contributed by atoms with Gasteiger partial charge in [-0.3, -0.25) is 0 Å². The van der Waals surface area contributed by atoms with Crippen LogP contribution in [-0.4, -0.2) is 14.2 Å². The van der Waals surface area contributed by atoms with Crippen LogP contribution in [0.4, 0.5) is 14.5 Å². The van der Waals surface area contributed by atoms with Crippen molar-refractivity contribution < 1.29 is 17.2 Å². The van der Waals surface area contributed by atoms with Gasteiger partial charge in [-0.1, -0.05) is 12.1 Å². The smallest absolute Gasteiger partial charge is 0.275 e. The Morgan fingerprint density at radius 1 is 1.33 bits per heavy atom. The Kier molecular flexibility index (Phi) is 2.01. The molecule has 1 heterocycles. The summed E-state index contributed by atoms with van der Waals surface area (Å²) in [5.41, 5.74) is 4.84. The number of sulfone groups is 1. The summed E-state index contributed by atoms with van der Waals surface area (Å²) in [6.07, 6.45) is -0.675. The molecule has 0 aromatic heterocycles. The highest BCUT2D eigenvalue weighted by molar-refractivity contribution is 7.91. The lowest BCUT2D eigenvalue weighted by Gasteiger charge is -2.25. The van der Waals surface area contributed by atoms with Crippen LogP contribution in [0.15, 0.2) is 23.1 Å². The summed E-state index contributed by atoms with van der Waals surface area (Å²) < 4.78 is 49.9. The van der Waals surface area contributed by atoms with Gasteiger partial charge in [-0.25, -0.2) is 17.2 Å². The van der Waals surface area contributed by atoms with Crippen molar-refractivity contribution >= 4 is 15.5 Å². The molecule has 1 aliphatic rings. The highest BCUT2D eigenvalue weighted by Crippen LogP contribution is 2.43. The molecule has 0 spiro atoms. The first-order valence-corrected chi connectivity index (χ1v) is 5.99. The zero-order valence-corrected chi connectivity index (χ0v) is 8.52. The van der Waals surface area contributed by atoms with Gasteiger partial charge in [0.1, 0.15) is 0 Å². The van der Waals surface area contributed by atoms with Crippen molar-refractivity contribution in [2.45, 2.75) is 17.2 Å². The van der Waals surface area contributed by atoms with E-state index < -0.39 is 38.4 Å². The fraction of sp³-hybridized carbons (Fsp3) is 0.333. The fourth-order valence-corrected chi connectivity index (χ4v) is 3.40. The number of rotatable bonds is 0. The van der Waals surface area contributed by atoms with Crippen LogP contribution in [0, 0.1) is 0 Å². The van der Waals surface area contributed by atoms with Gasteiger partial charge in [-0.05, 0) is 6.07 Å². The number of anilines is 1. The average Bonchev–Trinajstić information content (AvgIpc) is 2.13. The standard InChI is InChI=1S/C9H9F2NO2S/c10-9(11)4-5-15(13,14)8-6(9)2-1-3-7(8)12/h1-3H,4-5,12H2. The number of hydrogen-bond acceptors (Lipinski definition) is 3. The van der Waals surface area contributed by atoms with Crippen LogP contribution >= 0.6 is 0 Å². The SMILES string of the molecule is Nc1cccc2c1S(=O)(=O)CCC2(F)F. The minimum atomic E-state index is -3.65. The van der Waals surface area contributed by atoms with Crippen molar-refractivity contribution in [2.75, 3.05) is 11.5 Å². The molecule has 15 heavy (non-hydrogen) atoms. The Labute approximate surface area is 85.8 Å². The first-order valence-electron chi connectivity index (χ1n) is 4.34. The lowest BCUT2D eigenvalue weighted by atomic mass is 10.1. The third-order valence-electron chi connectivity index (χ3n) is 2.44. The summed E-state index contributed by atoms with van der Waals surface area (Å²) in [5.74, 6) is -3.66. The summed E-state index contributed by atoms with van der Waals surface area (Å²) >= 11 is 0. The molecule has 82 valence electrons. The molecule has 2 rings (SSSR count). The molecule has 0 atom stereocenters. The second kappa shape index (κ2) is 2.91. The normalized spacial score (nSPS) is 22.0. The third kappa shape index (κ3) is 1.49. The molecule has 3 nitrogen and oxygen atoms in total. The van der Waals surface area contributed by atoms with Crippen molar-refractivity contribution in [2.24, 2.45) is 0 Å². The van der Waals surface area contributed by atoms with Crippen molar-refractivity contribution in [3.05, 3.63) is 23.8 Å². The molecule has 0 fully saturated rings. The molecule has 1 aromatic carbocycles. The van der Waals surface area contributed by atoms with Gasteiger partial charge in [0.2, 0.25) is 0 Å². The largest absolute Gasteiger partial charge is 0.398 e. The maximum absolute atomic E-state index is 13.4. The quantitative estimate of drug-likeness (QED) is 0.691. The van der Waals surface area contributed by atoms with Crippen molar-refractivity contribution in [1.82, 2.24) is 0 Å². The van der Waals surface area contributed by atoms with Crippen LogP contribution in [0.1, 0.15) is 12.0 Å². The van der Waals surface area contributed by atoms with E-state index in [9.17, 15) is 17.2 Å². The van der Waals surface area contributed by atoms with Gasteiger partial charge in [-0.2, -0.15) is 0 Å². The third-order valence-corrected chi connectivity index (χ3v) is 4.25. The number of nitrogen functional groups attached to an aromatic ring is 1. The van der Waals surface area contributed by atoms with E-state index in [2.05, 4.69) is 0 Å². The highest BCUT2D eigenvalue weighted by atomic mass is 32.2. The van der Waals surface area contributed by atoms with E-state index in [-0.39, 0.29) is 5.69 Å². The van der Waals surface area contributed by atoms with Gasteiger partial charge < -0.3 is 5.73 Å². The van der Waals surface area contributed by atoms with E-state index in [1.165, 1.54) is 12.1 Å². The van der Waals surface area contributed by atoms with E-state index in [0.717, 1.165) is 6.07 Å². The van der Waals surface area contributed by atoms with E-state index in [1.54, 1.807) is 0 Å². The summed E-state index contributed by atoms with van der Waals surface area (Å²) in [5, 5.41) is 0. The molecule has 0 radical (unpaired) electrons. The summed E-state index contributed by atoms with van der Waals surface area (Å²) in [6, 6.07) is 3.77. The summed E-state index contributed by atoms with van der Waals surface area (Å²) in [4.78, 5) is -0.402. The lowest BCUT2D eigenvalue weighted by molar-refractivity contribution is -0.0125. The average molecular weight is 233 g/mol. The van der Waals surface area contributed by atoms with Crippen LogP contribution in [0.25, 0.3) is 0 Å². The Hall–Kier alpha value is -1.17. The molecule has 0 amide bonds. The van der Waals surface area contributed by atoms with E-state index >= 15 is 0 Å². The summed E-state index contributed by atoms with van der Waals surface area (Å²) in [7, 11) is -3.65. The second-order valence-electron chi connectivity index (χ2n) is 3.50. The first kappa shape index (κ1) is 10.4. The molecular formula is C9H9F2NO2S. The molecule has 0 aliphatic carbocycles. The van der Waals surface area contributed by atoms with Gasteiger partial charge in [0.25, 0.3) is 5.92 Å². The monoisotopic (exact) mass is 233 g/mol. The fourth-order valence-electron chi connectivity index (χ4n) is 1.69. The van der Waals surface area contributed by atoms with Crippen LogP contribution in [0.5, 0.6) is 0 Å². The zero-order valence-electron chi connectivity index (χ0n) is 7.70. The van der Waals surface area contributed by atoms with Crippen molar-refractivity contribution in [1.29, 1.82) is 0 Å². The number of benzene rings is 1. The number of halogens is 2. The second-order valence-corrected chi connectivity index (χ2v) is 5.54. The molecule has 0 saturated heterocycles. The van der Waals surface area contributed by atoms with Crippen LogP contribution in [0.3, 0.4) is 0 Å². The van der Waals surface area contributed by atoms with Gasteiger partial charge in [0.15, 0.2) is 9.84 Å². The van der Waals surface area contributed by atoms with Gasteiger partial charge in [-0.15, -0.1) is 0 Å². The topological polar surface area (TPSA) is 60.2 Å². The van der Waals surface area contributed by atoms with Crippen LogP contribution in [0.2, 0.25) is 0 Å². The molecule has 1 aliphatic heterocycles. The Bertz CT molecular complexity index is 511. The molecule has 6 heteroatoms. The van der Waals surface area contributed by atoms with Crippen molar-refractivity contribution in [3.63, 3.8) is 0 Å². The van der Waals surface area contributed by atoms with E-state index in [1.807, 2.05) is 0 Å². The predicted octanol–water partition coefficient (Wildman–Crippen LogP) is 1.54. The predicted molar refractivity (Wildman–Crippen MR) is 51.4 cm³/mol. The van der Waals surface area contributed by atoms with E-state index in [0.29, 0.717) is 0 Å². The Morgan fingerprint density at radius 3 is 2.60 bits per heavy atom. The Morgan fingerprint density at radius 2 is 2.00 bits per heavy atom. The van der Waals surface area contributed by atoms with Crippen LogP contribution in [-0.2, 0) is 15.8 Å². The Balaban J connectivity index is 2.82. The molecule has 0 saturated carbocycles. The molecule has 0 bridgehead atoms. The van der Waals surface area contributed by atoms with Crippen LogP contribution < -0.4 is 5.73 Å². The van der Waals surface area contributed by atoms with Gasteiger partial charge >= 0.3 is 0 Å². The zero-order chi connectivity index (χ0) is 11.3. The van der Waals surface area contributed by atoms with Gasteiger partial charge in [0.05, 0.1) is 16.3 Å². The number of hydrogen-bond donors (Lipinski definition) is 1. The minimum Gasteiger partial charge on any atom is -0.398 e. The molecule has 1 aromatic rings. The lowest BCUT2D eigenvalue weighted by Crippen LogP contribution is -2.29. The number of fused-ring (bicyclic) bond motifs is 1. The molecule has 2 N–H and O–H groups in total. The maximum Gasteiger partial charge on any atom is 0.275 e. The van der Waals surface area contributed by atoms with Crippen molar-refractivity contribution in [3.8, 4) is 0 Å². The molecular weight excluding hydrogens is 224 g/mol. The van der Waals surface area contributed by atoms with E-state index in [4.69, 9.17) is 5.73 Å².